The zero-order valence-electron chi connectivity index (χ0n) is 54.2. The van der Waals surface area contributed by atoms with Crippen molar-refractivity contribution in [1.82, 2.24) is 0 Å². The largest absolute Gasteiger partial charge is 0.458 e. The van der Waals surface area contributed by atoms with E-state index in [9.17, 15) is 92.0 Å². The van der Waals surface area contributed by atoms with Gasteiger partial charge in [-0.25, -0.2) is 8.37 Å². The fraction of sp³-hybridized carbons (Fsp3) is 0.917. The zero-order valence-corrected chi connectivity index (χ0v) is 55.9. The summed E-state index contributed by atoms with van der Waals surface area (Å²) in [6.45, 7) is 11.5. The molecule has 3 saturated carbocycles. The Morgan fingerprint density at radius 1 is 0.621 bits per heavy atom. The Kier molecular flexibility index (Phi) is 22.1. The quantitative estimate of drug-likeness (QED) is 0.0311. The third-order valence-corrected chi connectivity index (χ3v) is 23.4. The van der Waals surface area contributed by atoms with Crippen LogP contribution in [0.2, 0.25) is 0 Å². The van der Waals surface area contributed by atoms with Gasteiger partial charge in [0.2, 0.25) is 0 Å². The first kappa shape index (κ1) is 75.4. The van der Waals surface area contributed by atoms with Gasteiger partial charge in [-0.3, -0.25) is 13.9 Å². The van der Waals surface area contributed by atoms with Crippen LogP contribution in [-0.2, 0) is 90.8 Å². The topological polar surface area (TPSA) is 498 Å². The third-order valence-electron chi connectivity index (χ3n) is 22.5. The van der Waals surface area contributed by atoms with Crippen LogP contribution in [-0.4, -0.2) is 291 Å². The summed E-state index contributed by atoms with van der Waals surface area (Å²) >= 11 is 0. The molecule has 32 atom stereocenters. The number of rotatable bonds is 21. The van der Waals surface area contributed by atoms with Gasteiger partial charge in [-0.1, -0.05) is 51.5 Å². The molecule has 0 aromatic carbocycles. The van der Waals surface area contributed by atoms with Crippen molar-refractivity contribution in [2.45, 2.75) is 271 Å². The van der Waals surface area contributed by atoms with Crippen LogP contribution >= 0.6 is 0 Å². The molecule has 33 nitrogen and oxygen atoms in total. The van der Waals surface area contributed by atoms with Gasteiger partial charge in [0.1, 0.15) is 115 Å². The van der Waals surface area contributed by atoms with E-state index in [1.165, 1.54) is 12.5 Å². The summed E-state index contributed by atoms with van der Waals surface area (Å²) in [4.78, 5) is 14.5. The van der Waals surface area contributed by atoms with Gasteiger partial charge < -0.3 is 118 Å². The number of hydrogen-bond acceptors (Lipinski definition) is 31. The molecule has 0 radical (unpaired) electrons. The number of cyclic esters (lactones) is 1. The highest BCUT2D eigenvalue weighted by Crippen LogP contribution is 2.76. The van der Waals surface area contributed by atoms with Crippen molar-refractivity contribution >= 4 is 26.8 Å². The molecule has 546 valence electrons. The summed E-state index contributed by atoms with van der Waals surface area (Å²) in [7, 11) is -9.37. The Labute approximate surface area is 550 Å². The maximum absolute atomic E-state index is 14.5. The van der Waals surface area contributed by atoms with E-state index >= 15 is 0 Å². The van der Waals surface area contributed by atoms with E-state index in [-0.39, 0.29) is 29.1 Å². The summed E-state index contributed by atoms with van der Waals surface area (Å²) in [5.41, 5.74) is -2.87. The summed E-state index contributed by atoms with van der Waals surface area (Å²) in [6.07, 6.45) is -35.9. The Morgan fingerprint density at radius 3 is 1.82 bits per heavy atom. The minimum Gasteiger partial charge on any atom is -0.458 e. The van der Waals surface area contributed by atoms with Gasteiger partial charge in [0.15, 0.2) is 31.5 Å². The summed E-state index contributed by atoms with van der Waals surface area (Å²) in [5, 5.41) is 134. The molecule has 4 aliphatic carbocycles. The smallest absolute Gasteiger partial charge is 0.397 e. The monoisotopic (exact) mass is 1410 g/mol. The number of carbonyl (C=O) groups excluding carboxylic acids is 1. The number of hydrogen-bond donors (Lipinski definition) is 14. The Bertz CT molecular complexity index is 2990. The Balaban J connectivity index is 0.913. The van der Waals surface area contributed by atoms with Gasteiger partial charge in [0.05, 0.1) is 49.7 Å². The highest BCUT2D eigenvalue weighted by Gasteiger charge is 2.76. The molecule has 35 heteroatoms. The fourth-order valence-corrected chi connectivity index (χ4v) is 18.4. The third kappa shape index (κ3) is 14.1. The highest BCUT2D eigenvalue weighted by atomic mass is 32.3. The molecule has 95 heavy (non-hydrogen) atoms. The van der Waals surface area contributed by atoms with Gasteiger partial charge in [-0.05, 0) is 95.3 Å². The fourth-order valence-electron chi connectivity index (χ4n) is 17.6. The van der Waals surface area contributed by atoms with Gasteiger partial charge in [0, 0.05) is 24.9 Å². The lowest BCUT2D eigenvalue weighted by atomic mass is 9.41. The molecule has 6 aliphatic heterocycles. The molecule has 32 unspecified atom stereocenters. The summed E-state index contributed by atoms with van der Waals surface area (Å²) < 4.78 is 148. The van der Waals surface area contributed by atoms with Crippen LogP contribution in [0.4, 0.5) is 0 Å². The molecular formula is C60H96O33S2. The van der Waals surface area contributed by atoms with E-state index in [1.807, 2.05) is 26.8 Å². The highest BCUT2D eigenvalue weighted by molar-refractivity contribution is 7.81. The maximum atomic E-state index is 14.5. The first-order valence-electron chi connectivity index (χ1n) is 32.2. The molecule has 14 N–H and O–H groups in total. The first-order valence-corrected chi connectivity index (χ1v) is 34.9. The number of esters is 1. The van der Waals surface area contributed by atoms with E-state index < -0.39 is 228 Å². The van der Waals surface area contributed by atoms with Crippen LogP contribution < -0.4 is 0 Å². The van der Waals surface area contributed by atoms with Crippen molar-refractivity contribution in [3.05, 3.63) is 23.8 Å². The van der Waals surface area contributed by atoms with Crippen LogP contribution in [0, 0.1) is 39.4 Å². The number of ether oxygens (including phenoxy) is 12. The lowest BCUT2D eigenvalue weighted by molar-refractivity contribution is -0.406. The van der Waals surface area contributed by atoms with Crippen LogP contribution in [0.1, 0.15) is 107 Å². The average Bonchev–Trinajstić information content (AvgIpc) is 1.54. The second kappa shape index (κ2) is 27.9. The van der Waals surface area contributed by atoms with Crippen LogP contribution in [0.3, 0.4) is 0 Å². The molecular weight excluding hydrogens is 1310 g/mol. The second-order valence-corrected chi connectivity index (χ2v) is 31.2. The SMILES string of the molecule is COC1C(O)C(COS(=O)(=O)O)OC(OC2C(O)C(CO)OC(OC3C(C)OC(OC4C(OC5CCC6(C)C7CCC89C(=O)OC(C)(CC=CC(C)(C)O)C8CCC9(C)C7=CCC6C5(C)C)OCC(OS(=O)(=O)O)C4O)C(OC4OC(CO)C(O)C(O)C4O)C3O)C2O)C1O. The number of carbonyl (C=O) groups is 1. The summed E-state index contributed by atoms with van der Waals surface area (Å²) in [6, 6.07) is 0. The number of fused-ring (bicyclic) bond motifs is 4. The summed E-state index contributed by atoms with van der Waals surface area (Å²) in [5.74, 6) is -0.256. The van der Waals surface area contributed by atoms with Crippen LogP contribution in [0.25, 0.3) is 0 Å². The standard InChI is InChI=1S/C60H96O33S2/c1-25-44(88-51-43(71)46(36(64)29(22-62)85-51)89-50-42(70)45(80-9)37(65)30(86-50)24-82-94(74,75)76)41(69)48(90-49-40(68)39(67)35(63)28(21-61)84-49)53(83-25)91-47-38(66)31(93-95(77,78)79)23-81-52(47)87-34-15-18-57(6)26-13-20-60-33(59(8,92-54(60)72)17-10-16-55(2,3)73)14-19-58(60,7)27(26)11-12-32(57)56(34,4)5/h10-11,16,25-26,28-53,61-71,73H,12-15,17-24H2,1-9H3,(H,74,75,76)(H,77,78,79). The molecule has 10 aliphatic rings. The first-order chi connectivity index (χ1) is 44.2. The van der Waals surface area contributed by atoms with Crippen LogP contribution in [0.15, 0.2) is 23.8 Å². The van der Waals surface area contributed by atoms with E-state index in [0.717, 1.165) is 20.0 Å². The van der Waals surface area contributed by atoms with E-state index in [1.54, 1.807) is 19.9 Å². The predicted octanol–water partition coefficient (Wildman–Crippen LogP) is -2.94. The van der Waals surface area contributed by atoms with Crippen molar-refractivity contribution in [2.75, 3.05) is 33.5 Å². The normalized spacial score (nSPS) is 49.5. The molecule has 10 rings (SSSR count). The van der Waals surface area contributed by atoms with Gasteiger partial charge in [-0.2, -0.15) is 16.8 Å². The molecule has 0 bridgehead atoms. The van der Waals surface area contributed by atoms with Crippen molar-refractivity contribution in [1.29, 1.82) is 0 Å². The van der Waals surface area contributed by atoms with E-state index in [0.29, 0.717) is 38.5 Å². The molecule has 1 spiro atoms. The lowest BCUT2D eigenvalue weighted by Gasteiger charge is -2.64. The molecule has 9 fully saturated rings. The Morgan fingerprint density at radius 2 is 1.20 bits per heavy atom. The zero-order chi connectivity index (χ0) is 69.8. The average molecular weight is 1410 g/mol. The van der Waals surface area contributed by atoms with Crippen molar-refractivity contribution in [2.24, 2.45) is 39.4 Å². The molecule has 0 aromatic rings. The van der Waals surface area contributed by atoms with Gasteiger partial charge in [0.25, 0.3) is 0 Å². The maximum Gasteiger partial charge on any atom is 0.397 e. The predicted molar refractivity (Wildman–Crippen MR) is 315 cm³/mol. The second-order valence-electron chi connectivity index (χ2n) is 29.1. The minimum absolute atomic E-state index is 0.0598. The molecule has 6 saturated heterocycles. The number of aliphatic hydroxyl groups is 12. The van der Waals surface area contributed by atoms with Crippen molar-refractivity contribution < 1.29 is 157 Å². The molecule has 0 amide bonds. The number of allylic oxidation sites excluding steroid dienone is 2. The molecule has 0 aromatic heterocycles. The van der Waals surface area contributed by atoms with E-state index in [4.69, 9.17) is 61.0 Å². The minimum atomic E-state index is -5.32. The lowest BCUT2D eigenvalue weighted by Crippen LogP contribution is -2.68. The van der Waals surface area contributed by atoms with Gasteiger partial charge >= 0.3 is 26.8 Å². The van der Waals surface area contributed by atoms with Crippen molar-refractivity contribution in [3.8, 4) is 0 Å². The molecule has 6 heterocycles. The van der Waals surface area contributed by atoms with Gasteiger partial charge in [-0.15, -0.1) is 0 Å². The van der Waals surface area contributed by atoms with E-state index in [2.05, 4.69) is 24.1 Å². The number of aliphatic hydroxyl groups excluding tert-OH is 11. The van der Waals surface area contributed by atoms with Crippen LogP contribution in [0.5, 0.6) is 0 Å². The number of methoxy groups -OCH3 is 1. The van der Waals surface area contributed by atoms with Crippen molar-refractivity contribution in [3.63, 3.8) is 0 Å². The Hall–Kier alpha value is -2.23.